The number of nitrogens with one attached hydrogen (secondary N) is 1. The summed E-state index contributed by atoms with van der Waals surface area (Å²) in [5.41, 5.74) is 3.24. The van der Waals surface area contributed by atoms with Gasteiger partial charge in [0.1, 0.15) is 0 Å². The van der Waals surface area contributed by atoms with Gasteiger partial charge < -0.3 is 10.4 Å². The van der Waals surface area contributed by atoms with Crippen molar-refractivity contribution < 1.29 is 5.11 Å². The predicted molar refractivity (Wildman–Crippen MR) is 71.1 cm³/mol. The molecule has 4 nitrogen and oxygen atoms in total. The van der Waals surface area contributed by atoms with Crippen molar-refractivity contribution in [3.8, 4) is 0 Å². The maximum Gasteiger partial charge on any atom is 0.0914 e. The molecular formula is C14H19N3O. The van der Waals surface area contributed by atoms with Crippen LogP contribution in [0.2, 0.25) is 0 Å². The van der Waals surface area contributed by atoms with E-state index in [0.717, 1.165) is 17.7 Å². The second-order valence-electron chi connectivity index (χ2n) is 4.58. The molecule has 0 spiro atoms. The van der Waals surface area contributed by atoms with E-state index in [1.54, 1.807) is 4.68 Å². The first-order valence-electron chi connectivity index (χ1n) is 6.08. The van der Waals surface area contributed by atoms with Gasteiger partial charge in [0.25, 0.3) is 0 Å². The number of hydrogen-bond donors (Lipinski definition) is 2. The monoisotopic (exact) mass is 245 g/mol. The second kappa shape index (κ2) is 5.80. The fourth-order valence-corrected chi connectivity index (χ4v) is 1.91. The van der Waals surface area contributed by atoms with Crippen LogP contribution in [0.25, 0.3) is 0 Å². The average Bonchev–Trinajstić information content (AvgIpc) is 2.75. The Hall–Kier alpha value is -1.65. The fourth-order valence-electron chi connectivity index (χ4n) is 1.91. The summed E-state index contributed by atoms with van der Waals surface area (Å²) in [6.07, 6.45) is 3.32. The van der Waals surface area contributed by atoms with Gasteiger partial charge in [0.15, 0.2) is 0 Å². The maximum atomic E-state index is 10.0. The van der Waals surface area contributed by atoms with Crippen molar-refractivity contribution in [2.75, 3.05) is 6.54 Å². The predicted octanol–water partition coefficient (Wildman–Crippen LogP) is 1.55. The lowest BCUT2D eigenvalue weighted by Crippen LogP contribution is -2.20. The first kappa shape index (κ1) is 12.8. The van der Waals surface area contributed by atoms with Gasteiger partial charge >= 0.3 is 0 Å². The molecule has 1 aromatic carbocycles. The average molecular weight is 245 g/mol. The van der Waals surface area contributed by atoms with Crippen molar-refractivity contribution in [3.05, 3.63) is 53.3 Å². The van der Waals surface area contributed by atoms with Crippen LogP contribution in [0.3, 0.4) is 0 Å². The lowest BCUT2D eigenvalue weighted by Gasteiger charge is -2.12. The van der Waals surface area contributed by atoms with Gasteiger partial charge in [0.2, 0.25) is 0 Å². The van der Waals surface area contributed by atoms with Crippen molar-refractivity contribution in [2.45, 2.75) is 19.6 Å². The molecule has 18 heavy (non-hydrogen) atoms. The molecule has 0 bridgehead atoms. The molecule has 1 aromatic heterocycles. The largest absolute Gasteiger partial charge is 0.387 e. The molecule has 0 saturated heterocycles. The molecule has 0 amide bonds. The highest BCUT2D eigenvalue weighted by Crippen LogP contribution is 2.13. The number of aliphatic hydroxyl groups is 1. The first-order valence-corrected chi connectivity index (χ1v) is 6.08. The third-order valence-electron chi connectivity index (χ3n) is 2.85. The second-order valence-corrected chi connectivity index (χ2v) is 4.58. The number of benzene rings is 1. The molecule has 0 aliphatic carbocycles. The van der Waals surface area contributed by atoms with E-state index >= 15 is 0 Å². The summed E-state index contributed by atoms with van der Waals surface area (Å²) in [6, 6.07) is 7.95. The molecular weight excluding hydrogens is 226 g/mol. The van der Waals surface area contributed by atoms with Crippen molar-refractivity contribution >= 4 is 0 Å². The summed E-state index contributed by atoms with van der Waals surface area (Å²) >= 11 is 0. The van der Waals surface area contributed by atoms with E-state index in [2.05, 4.69) is 10.4 Å². The minimum Gasteiger partial charge on any atom is -0.387 e. The van der Waals surface area contributed by atoms with Crippen LogP contribution in [0, 0.1) is 6.92 Å². The smallest absolute Gasteiger partial charge is 0.0914 e. The molecule has 96 valence electrons. The molecule has 0 radical (unpaired) electrons. The Kier molecular flexibility index (Phi) is 4.12. The summed E-state index contributed by atoms with van der Waals surface area (Å²) in [4.78, 5) is 0. The number of aryl methyl sites for hydroxylation is 2. The van der Waals surface area contributed by atoms with Gasteiger partial charge in [-0.25, -0.2) is 0 Å². The highest BCUT2D eigenvalue weighted by atomic mass is 16.3. The standard InChI is InChI=1S/C14H19N3O/c1-11-4-3-5-13(6-11)14(18)9-15-7-12-8-16-17(2)10-12/h3-6,8,10,14-15,18H,7,9H2,1-2H3. The van der Waals surface area contributed by atoms with Crippen LogP contribution < -0.4 is 5.32 Å². The third-order valence-corrected chi connectivity index (χ3v) is 2.85. The van der Waals surface area contributed by atoms with Gasteiger partial charge in [-0.3, -0.25) is 4.68 Å². The highest BCUT2D eigenvalue weighted by Gasteiger charge is 2.07. The van der Waals surface area contributed by atoms with Crippen LogP contribution in [0.4, 0.5) is 0 Å². The van der Waals surface area contributed by atoms with Gasteiger partial charge in [-0.05, 0) is 12.5 Å². The van der Waals surface area contributed by atoms with Crippen molar-refractivity contribution in [2.24, 2.45) is 7.05 Å². The molecule has 0 aliphatic heterocycles. The van der Waals surface area contributed by atoms with Crippen LogP contribution in [0.5, 0.6) is 0 Å². The number of aromatic nitrogens is 2. The normalized spacial score (nSPS) is 12.6. The van der Waals surface area contributed by atoms with Gasteiger partial charge in [-0.2, -0.15) is 5.10 Å². The Morgan fingerprint density at radius 2 is 2.28 bits per heavy atom. The molecule has 0 aliphatic rings. The van der Waals surface area contributed by atoms with Gasteiger partial charge in [-0.1, -0.05) is 29.8 Å². The Labute approximate surface area is 107 Å². The van der Waals surface area contributed by atoms with Crippen molar-refractivity contribution in [1.29, 1.82) is 0 Å². The molecule has 2 N–H and O–H groups in total. The third kappa shape index (κ3) is 3.42. The van der Waals surface area contributed by atoms with Crippen LogP contribution in [0.1, 0.15) is 22.8 Å². The van der Waals surface area contributed by atoms with E-state index < -0.39 is 6.10 Å². The minimum absolute atomic E-state index is 0.471. The summed E-state index contributed by atoms with van der Waals surface area (Å²) in [5, 5.41) is 17.4. The van der Waals surface area contributed by atoms with Crippen molar-refractivity contribution in [3.63, 3.8) is 0 Å². The molecule has 1 unspecified atom stereocenters. The van der Waals surface area contributed by atoms with Gasteiger partial charge in [0.05, 0.1) is 12.3 Å². The zero-order valence-electron chi connectivity index (χ0n) is 10.8. The maximum absolute atomic E-state index is 10.0. The summed E-state index contributed by atoms with van der Waals surface area (Å²) in [5.74, 6) is 0. The molecule has 1 atom stereocenters. The van der Waals surface area contributed by atoms with E-state index in [0.29, 0.717) is 6.54 Å². The molecule has 2 aromatic rings. The Bertz CT molecular complexity index is 507. The zero-order chi connectivity index (χ0) is 13.0. The van der Waals surface area contributed by atoms with Crippen LogP contribution >= 0.6 is 0 Å². The van der Waals surface area contributed by atoms with E-state index in [-0.39, 0.29) is 0 Å². The number of hydrogen-bond acceptors (Lipinski definition) is 3. The minimum atomic E-state index is -0.471. The number of aliphatic hydroxyl groups excluding tert-OH is 1. The SMILES string of the molecule is Cc1cccc(C(O)CNCc2cnn(C)c2)c1. The molecule has 0 saturated carbocycles. The Balaban J connectivity index is 1.83. The molecule has 0 fully saturated rings. The number of nitrogens with zero attached hydrogens (tertiary/aromatic N) is 2. The van der Waals surface area contributed by atoms with E-state index in [1.165, 1.54) is 5.56 Å². The van der Waals surface area contributed by atoms with Crippen LogP contribution in [-0.4, -0.2) is 21.4 Å². The molecule has 1 heterocycles. The van der Waals surface area contributed by atoms with E-state index in [9.17, 15) is 5.11 Å². The number of rotatable bonds is 5. The van der Waals surface area contributed by atoms with Gasteiger partial charge in [0, 0.05) is 31.9 Å². The quantitative estimate of drug-likeness (QED) is 0.840. The molecule has 2 rings (SSSR count). The summed E-state index contributed by atoms with van der Waals surface area (Å²) in [6.45, 7) is 3.29. The fraction of sp³-hybridized carbons (Fsp3) is 0.357. The summed E-state index contributed by atoms with van der Waals surface area (Å²) in [7, 11) is 1.89. The Morgan fingerprint density at radius 1 is 1.44 bits per heavy atom. The van der Waals surface area contributed by atoms with Crippen molar-refractivity contribution in [1.82, 2.24) is 15.1 Å². The van der Waals surface area contributed by atoms with Crippen LogP contribution in [0.15, 0.2) is 36.7 Å². The zero-order valence-corrected chi connectivity index (χ0v) is 10.8. The highest BCUT2D eigenvalue weighted by molar-refractivity contribution is 5.24. The Morgan fingerprint density at radius 3 is 2.94 bits per heavy atom. The summed E-state index contributed by atoms with van der Waals surface area (Å²) < 4.78 is 1.77. The van der Waals surface area contributed by atoms with Gasteiger partial charge in [-0.15, -0.1) is 0 Å². The lowest BCUT2D eigenvalue weighted by molar-refractivity contribution is 0.174. The molecule has 4 heteroatoms. The van der Waals surface area contributed by atoms with E-state index in [1.807, 2.05) is 50.6 Å². The van der Waals surface area contributed by atoms with E-state index in [4.69, 9.17) is 0 Å². The van der Waals surface area contributed by atoms with Crippen LogP contribution in [-0.2, 0) is 13.6 Å². The topological polar surface area (TPSA) is 50.1 Å². The first-order chi connectivity index (χ1) is 8.65. The lowest BCUT2D eigenvalue weighted by atomic mass is 10.1.